The van der Waals surface area contributed by atoms with E-state index in [2.05, 4.69) is 14.9 Å². The summed E-state index contributed by atoms with van der Waals surface area (Å²) in [6.07, 6.45) is 1.77. The summed E-state index contributed by atoms with van der Waals surface area (Å²) in [5.41, 5.74) is 2.48. The minimum Gasteiger partial charge on any atom is -0.497 e. The van der Waals surface area contributed by atoms with Gasteiger partial charge < -0.3 is 14.5 Å². The third-order valence-corrected chi connectivity index (χ3v) is 5.22. The summed E-state index contributed by atoms with van der Waals surface area (Å²) in [5, 5.41) is 0. The van der Waals surface area contributed by atoms with Crippen molar-refractivity contribution in [3.63, 3.8) is 0 Å². The first-order valence-corrected chi connectivity index (χ1v) is 9.86. The second-order valence-corrected chi connectivity index (χ2v) is 7.17. The quantitative estimate of drug-likeness (QED) is 0.651. The summed E-state index contributed by atoms with van der Waals surface area (Å²) in [5.74, 6) is 1.30. The lowest BCUT2D eigenvalue weighted by Gasteiger charge is -2.35. The highest BCUT2D eigenvalue weighted by Crippen LogP contribution is 2.25. The van der Waals surface area contributed by atoms with Crippen LogP contribution < -0.4 is 9.64 Å². The van der Waals surface area contributed by atoms with Crippen molar-refractivity contribution in [2.75, 3.05) is 38.2 Å². The Bertz CT molecular complexity index is 1030. The van der Waals surface area contributed by atoms with Crippen LogP contribution in [0.5, 0.6) is 5.75 Å². The van der Waals surface area contributed by atoms with E-state index in [0.29, 0.717) is 31.7 Å². The number of nitrogens with zero attached hydrogens (tertiary/aromatic N) is 4. The molecular formula is C23H23FN4O2. The average Bonchev–Trinajstić information content (AvgIpc) is 2.79. The number of benzene rings is 2. The molecule has 0 radical (unpaired) electrons. The molecule has 30 heavy (non-hydrogen) atoms. The van der Waals surface area contributed by atoms with Gasteiger partial charge >= 0.3 is 0 Å². The number of aromatic nitrogens is 2. The first-order chi connectivity index (χ1) is 14.6. The number of carbonyl (C=O) groups excluding carboxylic acids is 1. The number of piperazine rings is 1. The summed E-state index contributed by atoms with van der Waals surface area (Å²) in [4.78, 5) is 25.3. The number of rotatable bonds is 5. The van der Waals surface area contributed by atoms with Crippen molar-refractivity contribution >= 4 is 11.7 Å². The molecule has 6 nitrogen and oxygen atoms in total. The molecule has 0 saturated carbocycles. The molecule has 7 heteroatoms. The predicted octanol–water partition coefficient (Wildman–Crippen LogP) is 3.18. The van der Waals surface area contributed by atoms with Crippen LogP contribution in [0.2, 0.25) is 0 Å². The van der Waals surface area contributed by atoms with Crippen molar-refractivity contribution in [1.29, 1.82) is 0 Å². The highest BCUT2D eigenvalue weighted by atomic mass is 19.1. The van der Waals surface area contributed by atoms with E-state index < -0.39 is 0 Å². The maximum Gasteiger partial charge on any atom is 0.227 e. The third kappa shape index (κ3) is 4.56. The van der Waals surface area contributed by atoms with Gasteiger partial charge in [0, 0.05) is 37.8 Å². The van der Waals surface area contributed by atoms with Gasteiger partial charge in [-0.1, -0.05) is 24.3 Å². The Morgan fingerprint density at radius 1 is 1.03 bits per heavy atom. The first-order valence-electron chi connectivity index (χ1n) is 9.86. The van der Waals surface area contributed by atoms with Gasteiger partial charge in [0.1, 0.15) is 23.7 Å². The molecule has 1 aromatic heterocycles. The van der Waals surface area contributed by atoms with Crippen molar-refractivity contribution < 1.29 is 13.9 Å². The van der Waals surface area contributed by atoms with Gasteiger partial charge in [-0.25, -0.2) is 14.4 Å². The topological polar surface area (TPSA) is 58.6 Å². The fraction of sp³-hybridized carbons (Fsp3) is 0.261. The maximum atomic E-state index is 13.3. The van der Waals surface area contributed by atoms with E-state index in [9.17, 15) is 9.18 Å². The van der Waals surface area contributed by atoms with E-state index in [1.165, 1.54) is 12.1 Å². The second kappa shape index (κ2) is 8.90. The fourth-order valence-electron chi connectivity index (χ4n) is 3.58. The molecular weight excluding hydrogens is 383 g/mol. The minimum absolute atomic E-state index is 0.0139. The van der Waals surface area contributed by atoms with Crippen LogP contribution in [-0.4, -0.2) is 54.1 Å². The van der Waals surface area contributed by atoms with Gasteiger partial charge in [-0.3, -0.25) is 4.79 Å². The Balaban J connectivity index is 1.40. The molecule has 154 valence electrons. The van der Waals surface area contributed by atoms with Crippen molar-refractivity contribution in [3.8, 4) is 17.0 Å². The Hall–Kier alpha value is -3.48. The molecule has 2 aromatic carbocycles. The molecule has 0 spiro atoms. The zero-order valence-corrected chi connectivity index (χ0v) is 16.8. The first kappa shape index (κ1) is 19.8. The zero-order valence-electron chi connectivity index (χ0n) is 16.8. The summed E-state index contributed by atoms with van der Waals surface area (Å²) in [6, 6.07) is 15.9. The molecule has 0 unspecified atom stereocenters. The molecule has 0 atom stereocenters. The van der Waals surface area contributed by atoms with Crippen LogP contribution in [0.4, 0.5) is 10.2 Å². The largest absolute Gasteiger partial charge is 0.497 e. The molecule has 1 amide bonds. The van der Waals surface area contributed by atoms with Crippen molar-refractivity contribution in [3.05, 3.63) is 72.3 Å². The van der Waals surface area contributed by atoms with Crippen LogP contribution in [0.1, 0.15) is 5.56 Å². The molecule has 1 aliphatic heterocycles. The summed E-state index contributed by atoms with van der Waals surface area (Å²) >= 11 is 0. The Morgan fingerprint density at radius 2 is 1.83 bits per heavy atom. The van der Waals surface area contributed by atoms with Crippen molar-refractivity contribution in [2.45, 2.75) is 6.42 Å². The normalized spacial score (nSPS) is 13.9. The summed E-state index contributed by atoms with van der Waals surface area (Å²) < 4.78 is 18.6. The van der Waals surface area contributed by atoms with Gasteiger partial charge in [0.25, 0.3) is 0 Å². The van der Waals surface area contributed by atoms with E-state index in [1.807, 2.05) is 35.2 Å². The SMILES string of the molecule is COc1cccc(-c2cc(N3CCN(C(=O)Cc4cccc(F)c4)CC3)ncn2)c1. The molecule has 0 N–H and O–H groups in total. The summed E-state index contributed by atoms with van der Waals surface area (Å²) in [7, 11) is 1.64. The van der Waals surface area contributed by atoms with E-state index >= 15 is 0 Å². The minimum atomic E-state index is -0.319. The predicted molar refractivity (Wildman–Crippen MR) is 113 cm³/mol. The fourth-order valence-corrected chi connectivity index (χ4v) is 3.58. The number of amides is 1. The van der Waals surface area contributed by atoms with Crippen LogP contribution in [0.25, 0.3) is 11.3 Å². The summed E-state index contributed by atoms with van der Waals surface area (Å²) in [6.45, 7) is 2.58. The van der Waals surface area contributed by atoms with Gasteiger partial charge in [-0.05, 0) is 29.8 Å². The standard InChI is InChI=1S/C23H23FN4O2/c1-30-20-7-3-5-18(14-20)21-15-22(26-16-25-21)27-8-10-28(11-9-27)23(29)13-17-4-2-6-19(24)12-17/h2-7,12,14-16H,8-11,13H2,1H3. The van der Waals surface area contributed by atoms with Gasteiger partial charge in [0.15, 0.2) is 0 Å². The highest BCUT2D eigenvalue weighted by molar-refractivity contribution is 5.79. The Labute approximate surface area is 174 Å². The van der Waals surface area contributed by atoms with Crippen molar-refractivity contribution in [1.82, 2.24) is 14.9 Å². The zero-order chi connectivity index (χ0) is 20.9. The van der Waals surface area contributed by atoms with Gasteiger partial charge in [-0.2, -0.15) is 0 Å². The Morgan fingerprint density at radius 3 is 2.60 bits per heavy atom. The monoisotopic (exact) mass is 406 g/mol. The molecule has 2 heterocycles. The highest BCUT2D eigenvalue weighted by Gasteiger charge is 2.22. The molecule has 4 rings (SSSR count). The molecule has 3 aromatic rings. The van der Waals surface area contributed by atoms with E-state index in [0.717, 1.165) is 22.8 Å². The Kier molecular flexibility index (Phi) is 5.88. The van der Waals surface area contributed by atoms with Gasteiger partial charge in [0.2, 0.25) is 5.91 Å². The molecule has 1 saturated heterocycles. The third-order valence-electron chi connectivity index (χ3n) is 5.22. The number of methoxy groups -OCH3 is 1. The van der Waals surface area contributed by atoms with E-state index in [4.69, 9.17) is 4.74 Å². The molecule has 0 bridgehead atoms. The van der Waals surface area contributed by atoms with Gasteiger partial charge in [-0.15, -0.1) is 0 Å². The smallest absolute Gasteiger partial charge is 0.227 e. The van der Waals surface area contributed by atoms with E-state index in [1.54, 1.807) is 25.6 Å². The molecule has 1 aliphatic rings. The number of carbonyl (C=O) groups is 1. The lowest BCUT2D eigenvalue weighted by molar-refractivity contribution is -0.130. The average molecular weight is 406 g/mol. The second-order valence-electron chi connectivity index (χ2n) is 7.17. The van der Waals surface area contributed by atoms with Crippen LogP contribution >= 0.6 is 0 Å². The molecule has 0 aliphatic carbocycles. The van der Waals surface area contributed by atoms with Gasteiger partial charge in [0.05, 0.1) is 19.2 Å². The van der Waals surface area contributed by atoms with E-state index in [-0.39, 0.29) is 18.1 Å². The lowest BCUT2D eigenvalue weighted by atomic mass is 10.1. The lowest BCUT2D eigenvalue weighted by Crippen LogP contribution is -2.49. The van der Waals surface area contributed by atoms with Crippen LogP contribution in [0.3, 0.4) is 0 Å². The number of ether oxygens (including phenoxy) is 1. The number of hydrogen-bond acceptors (Lipinski definition) is 5. The van der Waals surface area contributed by atoms with Crippen LogP contribution in [0.15, 0.2) is 60.9 Å². The molecule has 1 fully saturated rings. The van der Waals surface area contributed by atoms with Crippen LogP contribution in [0, 0.1) is 5.82 Å². The van der Waals surface area contributed by atoms with Crippen molar-refractivity contribution in [2.24, 2.45) is 0 Å². The number of halogens is 1. The maximum absolute atomic E-state index is 13.3. The number of anilines is 1. The van der Waals surface area contributed by atoms with Crippen LogP contribution in [-0.2, 0) is 11.2 Å². The number of hydrogen-bond donors (Lipinski definition) is 0.